The molecule has 0 fully saturated rings. The van der Waals surface area contributed by atoms with Crippen LogP contribution in [0.5, 0.6) is 5.75 Å². The summed E-state index contributed by atoms with van der Waals surface area (Å²) < 4.78 is 21.0. The Balaban J connectivity index is 1.51. The van der Waals surface area contributed by atoms with E-state index in [-0.39, 0.29) is 5.91 Å². The molecule has 1 amide bonds. The van der Waals surface area contributed by atoms with Gasteiger partial charge in [-0.05, 0) is 25.1 Å². The summed E-state index contributed by atoms with van der Waals surface area (Å²) in [7, 11) is 0. The fourth-order valence-corrected chi connectivity index (χ4v) is 3.83. The van der Waals surface area contributed by atoms with Crippen LogP contribution in [0, 0.1) is 5.82 Å². The van der Waals surface area contributed by atoms with Crippen molar-refractivity contribution in [2.24, 2.45) is 0 Å². The number of para-hydroxylation sites is 1. The van der Waals surface area contributed by atoms with E-state index in [2.05, 4.69) is 14.9 Å². The van der Waals surface area contributed by atoms with Crippen molar-refractivity contribution in [3.8, 4) is 17.0 Å². The number of nitrogens with zero attached hydrogens (tertiary/aromatic N) is 2. The highest BCUT2D eigenvalue weighted by Crippen LogP contribution is 2.32. The van der Waals surface area contributed by atoms with Crippen LogP contribution in [-0.4, -0.2) is 27.3 Å². The fourth-order valence-electron chi connectivity index (χ4n) is 2.89. The van der Waals surface area contributed by atoms with E-state index in [1.54, 1.807) is 30.8 Å². The average molecular weight is 383 g/mol. The van der Waals surface area contributed by atoms with Gasteiger partial charge in [0.25, 0.3) is 5.91 Å². The first-order valence-corrected chi connectivity index (χ1v) is 9.61. The highest BCUT2D eigenvalue weighted by atomic mass is 32.2. The molecule has 1 aliphatic heterocycles. The van der Waals surface area contributed by atoms with Gasteiger partial charge in [0, 0.05) is 30.1 Å². The number of thioether (sulfide) groups is 1. The maximum absolute atomic E-state index is 13.3. The van der Waals surface area contributed by atoms with Crippen molar-refractivity contribution in [3.63, 3.8) is 0 Å². The molecule has 1 atom stereocenters. The number of carbonyl (C=O) groups is 1. The lowest BCUT2D eigenvalue weighted by Gasteiger charge is -2.16. The average Bonchev–Trinajstić information content (AvgIpc) is 3.24. The number of aryl methyl sites for hydroxylation is 1. The Morgan fingerprint density at radius 1 is 1.30 bits per heavy atom. The number of imidazole rings is 1. The molecule has 2 aromatic carbocycles. The van der Waals surface area contributed by atoms with Gasteiger partial charge >= 0.3 is 0 Å². The first-order chi connectivity index (χ1) is 13.1. The predicted molar refractivity (Wildman–Crippen MR) is 104 cm³/mol. The number of hydrogen-bond acceptors (Lipinski definition) is 4. The molecule has 1 unspecified atom stereocenters. The Morgan fingerprint density at radius 3 is 2.96 bits per heavy atom. The van der Waals surface area contributed by atoms with E-state index in [4.69, 9.17) is 4.74 Å². The summed E-state index contributed by atoms with van der Waals surface area (Å²) in [6, 6.07) is 13.3. The van der Waals surface area contributed by atoms with Gasteiger partial charge in [-0.15, -0.1) is 0 Å². The van der Waals surface area contributed by atoms with Crippen LogP contribution in [0.15, 0.2) is 59.9 Å². The Hall–Kier alpha value is -2.80. The van der Waals surface area contributed by atoms with Crippen LogP contribution in [0.4, 0.5) is 10.1 Å². The molecule has 0 saturated carbocycles. The molecular formula is C20H18FN3O2S. The second-order valence-electron chi connectivity index (χ2n) is 6.20. The van der Waals surface area contributed by atoms with Crippen molar-refractivity contribution >= 4 is 23.4 Å². The minimum absolute atomic E-state index is 0.312. The first-order valence-electron chi connectivity index (χ1n) is 8.62. The van der Waals surface area contributed by atoms with Crippen LogP contribution in [0.25, 0.3) is 11.3 Å². The second kappa shape index (κ2) is 7.44. The molecule has 0 spiro atoms. The van der Waals surface area contributed by atoms with Crippen molar-refractivity contribution in [3.05, 3.63) is 60.5 Å². The summed E-state index contributed by atoms with van der Waals surface area (Å²) >= 11 is 1.72. The highest BCUT2D eigenvalue weighted by Gasteiger charge is 2.20. The van der Waals surface area contributed by atoms with Crippen molar-refractivity contribution < 1.29 is 13.9 Å². The van der Waals surface area contributed by atoms with E-state index >= 15 is 0 Å². The molecule has 138 valence electrons. The second-order valence-corrected chi connectivity index (χ2v) is 7.26. The van der Waals surface area contributed by atoms with Crippen LogP contribution in [0.1, 0.15) is 6.92 Å². The molecule has 0 aliphatic carbocycles. The van der Waals surface area contributed by atoms with Gasteiger partial charge in [0.05, 0.1) is 11.4 Å². The molecule has 1 N–H and O–H groups in total. The molecule has 0 saturated heterocycles. The molecule has 3 aromatic rings. The molecule has 27 heavy (non-hydrogen) atoms. The SMILES string of the molecule is CC(Oc1cccc(F)c1)C(=O)Nc1ccccc1-c1cn2c(n1)SCC2. The van der Waals surface area contributed by atoms with E-state index in [0.29, 0.717) is 11.4 Å². The molecule has 4 rings (SSSR count). The number of carbonyl (C=O) groups excluding carboxylic acids is 1. The van der Waals surface area contributed by atoms with Gasteiger partial charge in [0.15, 0.2) is 11.3 Å². The molecule has 5 nitrogen and oxygen atoms in total. The minimum atomic E-state index is -0.776. The quantitative estimate of drug-likeness (QED) is 0.717. The summed E-state index contributed by atoms with van der Waals surface area (Å²) in [5.74, 6) is 0.633. The van der Waals surface area contributed by atoms with Gasteiger partial charge in [0.1, 0.15) is 11.6 Å². The van der Waals surface area contributed by atoms with Gasteiger partial charge in [-0.25, -0.2) is 9.37 Å². The summed E-state index contributed by atoms with van der Waals surface area (Å²) in [5.41, 5.74) is 2.34. The number of anilines is 1. The van der Waals surface area contributed by atoms with Gasteiger partial charge in [-0.2, -0.15) is 0 Å². The van der Waals surface area contributed by atoms with Crippen molar-refractivity contribution in [1.82, 2.24) is 9.55 Å². The third-order valence-electron chi connectivity index (χ3n) is 4.24. The van der Waals surface area contributed by atoms with E-state index in [9.17, 15) is 9.18 Å². The summed E-state index contributed by atoms with van der Waals surface area (Å²) in [6.07, 6.45) is 1.23. The lowest BCUT2D eigenvalue weighted by atomic mass is 10.1. The standard InChI is InChI=1S/C20H18FN3O2S/c1-13(26-15-6-4-5-14(21)11-15)19(25)22-17-8-3-2-7-16(17)18-12-24-9-10-27-20(24)23-18/h2-8,11-13H,9-10H2,1H3,(H,22,25). The third kappa shape index (κ3) is 3.83. The van der Waals surface area contributed by atoms with Gasteiger partial charge < -0.3 is 14.6 Å². The van der Waals surface area contributed by atoms with E-state index in [1.165, 1.54) is 12.1 Å². The zero-order chi connectivity index (χ0) is 18.8. The van der Waals surface area contributed by atoms with Crippen molar-refractivity contribution in [1.29, 1.82) is 0 Å². The molecule has 0 bridgehead atoms. The summed E-state index contributed by atoms with van der Waals surface area (Å²) in [5, 5.41) is 3.89. The molecular weight excluding hydrogens is 365 g/mol. The van der Waals surface area contributed by atoms with E-state index in [0.717, 1.165) is 28.7 Å². The first kappa shape index (κ1) is 17.6. The van der Waals surface area contributed by atoms with Crippen LogP contribution in [0.3, 0.4) is 0 Å². The third-order valence-corrected chi connectivity index (χ3v) is 5.21. The van der Waals surface area contributed by atoms with Crippen LogP contribution in [-0.2, 0) is 11.3 Å². The number of aromatic nitrogens is 2. The molecule has 1 aliphatic rings. The van der Waals surface area contributed by atoms with Crippen molar-refractivity contribution in [2.75, 3.05) is 11.1 Å². The normalized spacial score (nSPS) is 13.9. The van der Waals surface area contributed by atoms with Crippen molar-refractivity contribution in [2.45, 2.75) is 24.7 Å². The van der Waals surface area contributed by atoms with E-state index in [1.807, 2.05) is 30.5 Å². The van der Waals surface area contributed by atoms with Crippen LogP contribution < -0.4 is 10.1 Å². The lowest BCUT2D eigenvalue weighted by molar-refractivity contribution is -0.122. The number of nitrogens with one attached hydrogen (secondary N) is 1. The van der Waals surface area contributed by atoms with Crippen LogP contribution in [0.2, 0.25) is 0 Å². The zero-order valence-corrected chi connectivity index (χ0v) is 15.5. The number of rotatable bonds is 5. The molecule has 7 heteroatoms. The highest BCUT2D eigenvalue weighted by molar-refractivity contribution is 7.99. The summed E-state index contributed by atoms with van der Waals surface area (Å²) in [6.45, 7) is 2.57. The number of fused-ring (bicyclic) bond motifs is 1. The Bertz CT molecular complexity index is 967. The minimum Gasteiger partial charge on any atom is -0.481 e. The number of ether oxygens (including phenoxy) is 1. The zero-order valence-electron chi connectivity index (χ0n) is 14.7. The topological polar surface area (TPSA) is 56.1 Å². The Kier molecular flexibility index (Phi) is 4.85. The number of amides is 1. The summed E-state index contributed by atoms with van der Waals surface area (Å²) in [4.78, 5) is 17.2. The maximum atomic E-state index is 13.3. The number of halogens is 1. The number of benzene rings is 2. The largest absolute Gasteiger partial charge is 0.481 e. The van der Waals surface area contributed by atoms with Gasteiger partial charge in [-0.1, -0.05) is 36.0 Å². The molecule has 1 aromatic heterocycles. The Morgan fingerprint density at radius 2 is 2.15 bits per heavy atom. The van der Waals surface area contributed by atoms with E-state index < -0.39 is 11.9 Å². The Labute approximate surface area is 160 Å². The molecule has 2 heterocycles. The number of hydrogen-bond donors (Lipinski definition) is 1. The predicted octanol–water partition coefficient (Wildman–Crippen LogP) is 4.20. The fraction of sp³-hybridized carbons (Fsp3) is 0.200. The van der Waals surface area contributed by atoms with Gasteiger partial charge in [0.2, 0.25) is 0 Å². The van der Waals surface area contributed by atoms with Crippen LogP contribution >= 0.6 is 11.8 Å². The van der Waals surface area contributed by atoms with Gasteiger partial charge in [-0.3, -0.25) is 4.79 Å². The molecule has 0 radical (unpaired) electrons. The lowest BCUT2D eigenvalue weighted by Crippen LogP contribution is -2.30. The smallest absolute Gasteiger partial charge is 0.265 e. The monoisotopic (exact) mass is 383 g/mol. The maximum Gasteiger partial charge on any atom is 0.265 e.